The lowest BCUT2D eigenvalue weighted by molar-refractivity contribution is -0.163. The Hall–Kier alpha value is -1.82. The topological polar surface area (TPSA) is 89.9 Å². The van der Waals surface area contributed by atoms with Crippen LogP contribution >= 0.6 is 11.6 Å². The Bertz CT molecular complexity index is 360. The fourth-order valence-corrected chi connectivity index (χ4v) is 0.829. The van der Waals surface area contributed by atoms with Crippen LogP contribution in [0.5, 0.6) is 0 Å². The molecule has 94 valence electrons. The fourth-order valence-electron chi connectivity index (χ4n) is 0.691. The van der Waals surface area contributed by atoms with Gasteiger partial charge in [-0.15, -0.1) is 0 Å². The van der Waals surface area contributed by atoms with Crippen LogP contribution in [-0.4, -0.2) is 35.7 Å². The summed E-state index contributed by atoms with van der Waals surface area (Å²) in [6, 6.07) is 0. The molecule has 0 aromatic heterocycles. The van der Waals surface area contributed by atoms with E-state index in [2.05, 4.69) is 16.1 Å². The molecule has 0 aliphatic rings. The summed E-state index contributed by atoms with van der Waals surface area (Å²) in [7, 11) is 0. The minimum absolute atomic E-state index is 0.0145. The Balaban J connectivity index is 4.33. The molecule has 7 heteroatoms. The number of esters is 2. The van der Waals surface area contributed by atoms with Crippen molar-refractivity contribution in [1.29, 1.82) is 0 Å². The maximum atomic E-state index is 11.2. The molecule has 17 heavy (non-hydrogen) atoms. The third kappa shape index (κ3) is 6.36. The minimum atomic E-state index is -1.39. The quantitative estimate of drug-likeness (QED) is 0.434. The molecular formula is C10H11ClO6. The average molecular weight is 263 g/mol. The number of halogens is 1. The number of carbonyl (C=O) groups excluding carboxylic acids is 2. The number of carboxylic acid groups (broad SMARTS) is 1. The van der Waals surface area contributed by atoms with Crippen LogP contribution in [0.4, 0.5) is 0 Å². The van der Waals surface area contributed by atoms with E-state index in [1.54, 1.807) is 0 Å². The zero-order valence-electron chi connectivity index (χ0n) is 9.01. The smallest absolute Gasteiger partial charge is 0.350 e. The Morgan fingerprint density at radius 3 is 2.53 bits per heavy atom. The Kier molecular flexibility index (Phi) is 6.65. The van der Waals surface area contributed by atoms with Gasteiger partial charge in [0.15, 0.2) is 6.10 Å². The number of aliphatic carboxylic acids is 1. The van der Waals surface area contributed by atoms with Gasteiger partial charge in [-0.05, 0) is 6.92 Å². The maximum Gasteiger partial charge on any atom is 0.350 e. The molecule has 0 heterocycles. The number of ether oxygens (including phenoxy) is 2. The van der Waals surface area contributed by atoms with Crippen molar-refractivity contribution >= 4 is 29.5 Å². The number of hydrogen-bond acceptors (Lipinski definition) is 5. The molecule has 1 N–H and O–H groups in total. The first-order valence-corrected chi connectivity index (χ1v) is 4.85. The summed E-state index contributed by atoms with van der Waals surface area (Å²) in [5.74, 6) is -3.29. The molecule has 0 amide bonds. The minimum Gasteiger partial charge on any atom is -0.478 e. The van der Waals surface area contributed by atoms with E-state index in [4.69, 9.17) is 16.7 Å². The van der Waals surface area contributed by atoms with Gasteiger partial charge in [0, 0.05) is 6.08 Å². The summed E-state index contributed by atoms with van der Waals surface area (Å²) < 4.78 is 9.16. The SMILES string of the molecule is C=CCOC(=O)C(C)OC(=O)C(Cl)=CC(=O)O. The van der Waals surface area contributed by atoms with E-state index < -0.39 is 29.0 Å². The van der Waals surface area contributed by atoms with Crippen molar-refractivity contribution in [1.82, 2.24) is 0 Å². The standard InChI is InChI=1S/C10H11ClO6/c1-3-4-16-9(14)6(2)17-10(15)7(11)5-8(12)13/h3,5-6H,1,4H2,2H3,(H,12,13). The molecule has 0 bridgehead atoms. The zero-order chi connectivity index (χ0) is 13.4. The summed E-state index contributed by atoms with van der Waals surface area (Å²) in [6.07, 6.45) is 0.633. The maximum absolute atomic E-state index is 11.2. The first-order valence-electron chi connectivity index (χ1n) is 4.47. The van der Waals surface area contributed by atoms with Gasteiger partial charge in [0.2, 0.25) is 0 Å². The normalized spacial score (nSPS) is 12.5. The highest BCUT2D eigenvalue weighted by Gasteiger charge is 2.21. The van der Waals surface area contributed by atoms with E-state index in [1.807, 2.05) is 0 Å². The third-order valence-corrected chi connectivity index (χ3v) is 1.67. The van der Waals surface area contributed by atoms with Crippen molar-refractivity contribution in [2.45, 2.75) is 13.0 Å². The lowest BCUT2D eigenvalue weighted by Crippen LogP contribution is -2.26. The highest BCUT2D eigenvalue weighted by Crippen LogP contribution is 2.07. The Morgan fingerprint density at radius 1 is 1.47 bits per heavy atom. The Labute approximate surface area is 102 Å². The second-order valence-corrected chi connectivity index (χ2v) is 3.20. The first-order chi connectivity index (χ1) is 7.88. The average Bonchev–Trinajstić information content (AvgIpc) is 2.24. The number of rotatable bonds is 6. The molecule has 0 spiro atoms. The van der Waals surface area contributed by atoms with Crippen LogP contribution in [0.3, 0.4) is 0 Å². The van der Waals surface area contributed by atoms with Gasteiger partial charge >= 0.3 is 17.9 Å². The van der Waals surface area contributed by atoms with Crippen LogP contribution in [0.25, 0.3) is 0 Å². The van der Waals surface area contributed by atoms with Gasteiger partial charge in [-0.1, -0.05) is 24.3 Å². The molecule has 6 nitrogen and oxygen atoms in total. The molecule has 0 rings (SSSR count). The van der Waals surface area contributed by atoms with Gasteiger partial charge in [-0.25, -0.2) is 14.4 Å². The monoisotopic (exact) mass is 262 g/mol. The second-order valence-electron chi connectivity index (χ2n) is 2.80. The van der Waals surface area contributed by atoms with Gasteiger partial charge in [0.1, 0.15) is 11.6 Å². The van der Waals surface area contributed by atoms with Crippen LogP contribution < -0.4 is 0 Å². The van der Waals surface area contributed by atoms with Crippen molar-refractivity contribution < 1.29 is 29.0 Å². The van der Waals surface area contributed by atoms with Crippen LogP contribution in [0, 0.1) is 0 Å². The summed E-state index contributed by atoms with van der Waals surface area (Å²) in [6.45, 7) is 4.59. The van der Waals surface area contributed by atoms with E-state index in [0.717, 1.165) is 0 Å². The molecule has 0 radical (unpaired) electrons. The van der Waals surface area contributed by atoms with Gasteiger partial charge in [0.05, 0.1) is 0 Å². The molecule has 0 saturated carbocycles. The molecule has 0 fully saturated rings. The highest BCUT2D eigenvalue weighted by molar-refractivity contribution is 6.42. The van der Waals surface area contributed by atoms with Crippen molar-refractivity contribution in [2.75, 3.05) is 6.61 Å². The van der Waals surface area contributed by atoms with E-state index in [1.165, 1.54) is 13.0 Å². The van der Waals surface area contributed by atoms with Crippen LogP contribution in [0.15, 0.2) is 23.8 Å². The molecule has 1 atom stereocenters. The van der Waals surface area contributed by atoms with Gasteiger partial charge in [-0.2, -0.15) is 0 Å². The van der Waals surface area contributed by atoms with E-state index in [0.29, 0.717) is 6.08 Å². The van der Waals surface area contributed by atoms with Gasteiger partial charge < -0.3 is 14.6 Å². The largest absolute Gasteiger partial charge is 0.478 e. The van der Waals surface area contributed by atoms with Crippen molar-refractivity contribution in [3.05, 3.63) is 23.8 Å². The number of carboxylic acids is 1. The highest BCUT2D eigenvalue weighted by atomic mass is 35.5. The predicted molar refractivity (Wildman–Crippen MR) is 58.3 cm³/mol. The van der Waals surface area contributed by atoms with Crippen LogP contribution in [0.2, 0.25) is 0 Å². The molecule has 0 aliphatic heterocycles. The van der Waals surface area contributed by atoms with Crippen LogP contribution in [-0.2, 0) is 23.9 Å². The third-order valence-electron chi connectivity index (χ3n) is 1.40. The lowest BCUT2D eigenvalue weighted by Gasteiger charge is -2.11. The van der Waals surface area contributed by atoms with E-state index >= 15 is 0 Å². The summed E-state index contributed by atoms with van der Waals surface area (Å²) in [5, 5.41) is 7.68. The molecule has 1 unspecified atom stereocenters. The summed E-state index contributed by atoms with van der Waals surface area (Å²) in [4.78, 5) is 32.5. The molecule has 0 saturated heterocycles. The Morgan fingerprint density at radius 2 is 2.06 bits per heavy atom. The summed E-state index contributed by atoms with van der Waals surface area (Å²) in [5.41, 5.74) is 0. The molecule has 0 aromatic rings. The number of hydrogen-bond donors (Lipinski definition) is 1. The van der Waals surface area contributed by atoms with Gasteiger partial charge in [0.25, 0.3) is 0 Å². The molecule has 0 aliphatic carbocycles. The van der Waals surface area contributed by atoms with Crippen molar-refractivity contribution in [3.8, 4) is 0 Å². The van der Waals surface area contributed by atoms with Crippen LogP contribution in [0.1, 0.15) is 6.92 Å². The van der Waals surface area contributed by atoms with Crippen molar-refractivity contribution in [2.24, 2.45) is 0 Å². The number of carbonyl (C=O) groups is 3. The first kappa shape index (κ1) is 15.2. The fraction of sp³-hybridized carbons (Fsp3) is 0.300. The van der Waals surface area contributed by atoms with E-state index in [-0.39, 0.29) is 6.61 Å². The van der Waals surface area contributed by atoms with E-state index in [9.17, 15) is 14.4 Å². The second kappa shape index (κ2) is 7.45. The lowest BCUT2D eigenvalue weighted by atomic mass is 10.4. The predicted octanol–water partition coefficient (Wildman–Crippen LogP) is 0.855. The molecule has 0 aromatic carbocycles. The summed E-state index contributed by atoms with van der Waals surface area (Å²) >= 11 is 5.32. The van der Waals surface area contributed by atoms with Crippen molar-refractivity contribution in [3.63, 3.8) is 0 Å². The van der Waals surface area contributed by atoms with Gasteiger partial charge in [-0.3, -0.25) is 0 Å². The molecular weight excluding hydrogens is 252 g/mol. The zero-order valence-corrected chi connectivity index (χ0v) is 9.77.